The van der Waals surface area contributed by atoms with Crippen LogP contribution >= 0.6 is 0 Å². The number of aliphatic hydroxyl groups excluding tert-OH is 1. The smallest absolute Gasteiger partial charge is 0.305 e. The zero-order valence-corrected chi connectivity index (χ0v) is 12.1. The number of aromatic hydroxyl groups is 1. The summed E-state index contributed by atoms with van der Waals surface area (Å²) in [5.74, 6) is -0.0150. The van der Waals surface area contributed by atoms with Crippen molar-refractivity contribution in [2.24, 2.45) is 0 Å². The molecular formula is C16H24O4. The Morgan fingerprint density at radius 3 is 2.75 bits per heavy atom. The first-order chi connectivity index (χ1) is 9.67. The molecule has 2 N–H and O–H groups in total. The Bertz CT molecular complexity index is 415. The van der Waals surface area contributed by atoms with Gasteiger partial charge >= 0.3 is 5.97 Å². The van der Waals surface area contributed by atoms with Crippen molar-refractivity contribution >= 4 is 5.97 Å². The molecule has 0 aliphatic heterocycles. The van der Waals surface area contributed by atoms with E-state index in [1.807, 2.05) is 6.07 Å². The van der Waals surface area contributed by atoms with E-state index in [1.165, 1.54) is 0 Å². The van der Waals surface area contributed by atoms with Crippen LogP contribution in [0.3, 0.4) is 0 Å². The Labute approximate surface area is 120 Å². The minimum absolute atomic E-state index is 0.110. The van der Waals surface area contributed by atoms with Crippen LogP contribution in [0, 0.1) is 0 Å². The van der Waals surface area contributed by atoms with E-state index in [-0.39, 0.29) is 18.3 Å². The molecule has 0 aliphatic rings. The van der Waals surface area contributed by atoms with Crippen molar-refractivity contribution in [3.63, 3.8) is 0 Å². The van der Waals surface area contributed by atoms with E-state index in [2.05, 4.69) is 6.92 Å². The molecular weight excluding hydrogens is 256 g/mol. The highest BCUT2D eigenvalue weighted by Gasteiger charge is 2.04. The fourth-order valence-corrected chi connectivity index (χ4v) is 1.97. The fourth-order valence-electron chi connectivity index (χ4n) is 1.97. The molecule has 1 rings (SSSR count). The van der Waals surface area contributed by atoms with E-state index in [4.69, 9.17) is 9.84 Å². The van der Waals surface area contributed by atoms with Gasteiger partial charge in [-0.2, -0.15) is 0 Å². The summed E-state index contributed by atoms with van der Waals surface area (Å²) in [5.41, 5.74) is 1.55. The van der Waals surface area contributed by atoms with Crippen LogP contribution in [0.5, 0.6) is 5.75 Å². The Morgan fingerprint density at radius 1 is 1.25 bits per heavy atom. The van der Waals surface area contributed by atoms with E-state index in [1.54, 1.807) is 12.1 Å². The van der Waals surface area contributed by atoms with Crippen molar-refractivity contribution in [1.82, 2.24) is 0 Å². The van der Waals surface area contributed by atoms with Crippen molar-refractivity contribution in [2.45, 2.75) is 52.1 Å². The van der Waals surface area contributed by atoms with Gasteiger partial charge in [0.05, 0.1) is 13.2 Å². The van der Waals surface area contributed by atoms with Gasteiger partial charge in [0.2, 0.25) is 0 Å². The van der Waals surface area contributed by atoms with Gasteiger partial charge in [-0.25, -0.2) is 0 Å². The molecule has 0 spiro atoms. The Morgan fingerprint density at radius 2 is 2.05 bits per heavy atom. The van der Waals surface area contributed by atoms with Crippen molar-refractivity contribution in [2.75, 3.05) is 6.61 Å². The number of ether oxygens (including phenoxy) is 1. The molecule has 0 heterocycles. The molecule has 0 aromatic heterocycles. The summed E-state index contributed by atoms with van der Waals surface area (Å²) in [6, 6.07) is 5.17. The largest absolute Gasteiger partial charge is 0.508 e. The molecule has 0 amide bonds. The molecule has 0 aliphatic carbocycles. The molecule has 0 saturated carbocycles. The van der Waals surface area contributed by atoms with E-state index in [0.29, 0.717) is 18.6 Å². The van der Waals surface area contributed by atoms with Gasteiger partial charge in [-0.3, -0.25) is 4.79 Å². The third-order valence-corrected chi connectivity index (χ3v) is 3.17. The maximum atomic E-state index is 11.4. The van der Waals surface area contributed by atoms with Crippen molar-refractivity contribution in [1.29, 1.82) is 0 Å². The van der Waals surface area contributed by atoms with Crippen molar-refractivity contribution < 1.29 is 19.7 Å². The van der Waals surface area contributed by atoms with Crippen LogP contribution in [0.15, 0.2) is 18.2 Å². The number of unbranched alkanes of at least 4 members (excludes halogenated alkanes) is 2. The number of hydrogen-bond acceptors (Lipinski definition) is 4. The zero-order chi connectivity index (χ0) is 14.8. The number of benzene rings is 1. The van der Waals surface area contributed by atoms with Gasteiger partial charge < -0.3 is 14.9 Å². The van der Waals surface area contributed by atoms with Gasteiger partial charge in [0, 0.05) is 12.0 Å². The van der Waals surface area contributed by atoms with E-state index >= 15 is 0 Å². The molecule has 0 fully saturated rings. The number of carbonyl (C=O) groups is 1. The first-order valence-corrected chi connectivity index (χ1v) is 7.24. The van der Waals surface area contributed by atoms with Crippen LogP contribution < -0.4 is 0 Å². The second kappa shape index (κ2) is 9.37. The molecule has 112 valence electrons. The monoisotopic (exact) mass is 280 g/mol. The van der Waals surface area contributed by atoms with Gasteiger partial charge in [-0.1, -0.05) is 25.8 Å². The lowest BCUT2D eigenvalue weighted by molar-refractivity contribution is -0.143. The number of aliphatic hydroxyl groups is 1. The predicted molar refractivity (Wildman–Crippen MR) is 77.5 cm³/mol. The Kier molecular flexibility index (Phi) is 7.73. The van der Waals surface area contributed by atoms with Crippen LogP contribution in [0.2, 0.25) is 0 Å². The second-order valence-corrected chi connectivity index (χ2v) is 4.90. The second-order valence-electron chi connectivity index (χ2n) is 4.90. The Hall–Kier alpha value is -1.55. The summed E-state index contributed by atoms with van der Waals surface area (Å²) in [4.78, 5) is 11.4. The summed E-state index contributed by atoms with van der Waals surface area (Å²) in [7, 11) is 0. The Balaban J connectivity index is 2.22. The van der Waals surface area contributed by atoms with Gasteiger partial charge in [-0.15, -0.1) is 0 Å². The molecule has 0 atom stereocenters. The third kappa shape index (κ3) is 6.06. The predicted octanol–water partition coefficient (Wildman–Crippen LogP) is 2.94. The van der Waals surface area contributed by atoms with Gasteiger partial charge in [-0.05, 0) is 37.0 Å². The molecule has 0 saturated heterocycles. The zero-order valence-electron chi connectivity index (χ0n) is 12.1. The SMILES string of the molecule is CCCCCC(=O)OCCCc1ccc(O)c(CO)c1. The summed E-state index contributed by atoms with van der Waals surface area (Å²) >= 11 is 0. The first-order valence-electron chi connectivity index (χ1n) is 7.24. The standard InChI is InChI=1S/C16H24O4/c1-2-3-4-7-16(19)20-10-5-6-13-8-9-15(18)14(11-13)12-17/h8-9,11,17-18H,2-7,10,12H2,1H3. The number of rotatable bonds is 9. The van der Waals surface area contributed by atoms with Crippen LogP contribution in [0.4, 0.5) is 0 Å². The highest BCUT2D eigenvalue weighted by atomic mass is 16.5. The molecule has 20 heavy (non-hydrogen) atoms. The first kappa shape index (κ1) is 16.5. The molecule has 1 aromatic rings. The van der Waals surface area contributed by atoms with Crippen LogP contribution in [0.1, 0.15) is 50.2 Å². The lowest BCUT2D eigenvalue weighted by atomic mass is 10.1. The fraction of sp³-hybridized carbons (Fsp3) is 0.562. The minimum Gasteiger partial charge on any atom is -0.508 e. The summed E-state index contributed by atoms with van der Waals surface area (Å²) in [6.45, 7) is 2.34. The van der Waals surface area contributed by atoms with Gasteiger partial charge in [0.1, 0.15) is 5.75 Å². The summed E-state index contributed by atoms with van der Waals surface area (Å²) in [5, 5.41) is 18.5. The lowest BCUT2D eigenvalue weighted by Gasteiger charge is -2.07. The highest BCUT2D eigenvalue weighted by Crippen LogP contribution is 2.19. The molecule has 0 radical (unpaired) electrons. The van der Waals surface area contributed by atoms with E-state index in [0.717, 1.165) is 37.7 Å². The maximum absolute atomic E-state index is 11.4. The summed E-state index contributed by atoms with van der Waals surface area (Å²) < 4.78 is 5.15. The van der Waals surface area contributed by atoms with Gasteiger partial charge in [0.15, 0.2) is 0 Å². The van der Waals surface area contributed by atoms with Crippen molar-refractivity contribution in [3.8, 4) is 5.75 Å². The molecule has 0 unspecified atom stereocenters. The van der Waals surface area contributed by atoms with Crippen LogP contribution in [-0.4, -0.2) is 22.8 Å². The lowest BCUT2D eigenvalue weighted by Crippen LogP contribution is -2.06. The number of esters is 1. The summed E-state index contributed by atoms with van der Waals surface area (Å²) in [6.07, 6.45) is 5.06. The maximum Gasteiger partial charge on any atom is 0.305 e. The quantitative estimate of drug-likeness (QED) is 0.539. The third-order valence-electron chi connectivity index (χ3n) is 3.17. The highest BCUT2D eigenvalue weighted by molar-refractivity contribution is 5.69. The van der Waals surface area contributed by atoms with Crippen LogP contribution in [-0.2, 0) is 22.6 Å². The topological polar surface area (TPSA) is 66.8 Å². The normalized spacial score (nSPS) is 10.5. The number of carbonyl (C=O) groups excluding carboxylic acids is 1. The minimum atomic E-state index is -0.175. The number of hydrogen-bond donors (Lipinski definition) is 2. The average molecular weight is 280 g/mol. The molecule has 4 heteroatoms. The van der Waals surface area contributed by atoms with E-state index < -0.39 is 0 Å². The molecule has 4 nitrogen and oxygen atoms in total. The number of aryl methyl sites for hydroxylation is 1. The van der Waals surface area contributed by atoms with Crippen molar-refractivity contribution in [3.05, 3.63) is 29.3 Å². The van der Waals surface area contributed by atoms with Gasteiger partial charge in [0.25, 0.3) is 0 Å². The van der Waals surface area contributed by atoms with E-state index in [9.17, 15) is 9.90 Å². The van der Waals surface area contributed by atoms with Crippen LogP contribution in [0.25, 0.3) is 0 Å². The molecule has 0 bridgehead atoms. The average Bonchev–Trinajstić information content (AvgIpc) is 2.45. The molecule has 1 aromatic carbocycles. The number of phenols is 1.